The molecule has 5 heteroatoms. The summed E-state index contributed by atoms with van der Waals surface area (Å²) in [5.74, 6) is 1.78. The Morgan fingerprint density at radius 2 is 1.80 bits per heavy atom. The van der Waals surface area contributed by atoms with E-state index in [1.54, 1.807) is 24.4 Å². The standard InChI is InChI=1S/C15H17F2N3/c1-10(2)15-18-8-7-13(20-15)19-9-11-3-5-12(6-4-11)14(16)17/h3-8,10,14H,9H2,1-2H3,(H,18,19,20). The maximum Gasteiger partial charge on any atom is 0.263 e. The van der Waals surface area contributed by atoms with Gasteiger partial charge in [-0.05, 0) is 11.6 Å². The molecule has 0 aliphatic rings. The summed E-state index contributed by atoms with van der Waals surface area (Å²) in [6.07, 6.45) is -0.711. The monoisotopic (exact) mass is 277 g/mol. The van der Waals surface area contributed by atoms with Gasteiger partial charge >= 0.3 is 0 Å². The van der Waals surface area contributed by atoms with Crippen LogP contribution in [-0.4, -0.2) is 9.97 Å². The van der Waals surface area contributed by atoms with E-state index < -0.39 is 6.43 Å². The fourth-order valence-electron chi connectivity index (χ4n) is 1.72. The Morgan fingerprint density at radius 1 is 1.10 bits per heavy atom. The molecule has 0 fully saturated rings. The number of aromatic nitrogens is 2. The van der Waals surface area contributed by atoms with Gasteiger partial charge in [0.25, 0.3) is 6.43 Å². The van der Waals surface area contributed by atoms with Crippen LogP contribution in [0.2, 0.25) is 0 Å². The lowest BCUT2D eigenvalue weighted by Crippen LogP contribution is -2.05. The Kier molecular flexibility index (Phi) is 4.61. The zero-order chi connectivity index (χ0) is 14.5. The molecule has 0 aliphatic carbocycles. The van der Waals surface area contributed by atoms with Gasteiger partial charge in [0, 0.05) is 24.2 Å². The summed E-state index contributed by atoms with van der Waals surface area (Å²) in [5.41, 5.74) is 0.969. The summed E-state index contributed by atoms with van der Waals surface area (Å²) >= 11 is 0. The summed E-state index contributed by atoms with van der Waals surface area (Å²) in [4.78, 5) is 8.58. The van der Waals surface area contributed by atoms with Crippen LogP contribution in [0, 0.1) is 0 Å². The van der Waals surface area contributed by atoms with Crippen LogP contribution in [0.25, 0.3) is 0 Å². The Hall–Kier alpha value is -2.04. The normalized spacial score (nSPS) is 11.1. The molecule has 0 atom stereocenters. The highest BCUT2D eigenvalue weighted by Crippen LogP contribution is 2.19. The van der Waals surface area contributed by atoms with Crippen LogP contribution in [0.4, 0.5) is 14.6 Å². The van der Waals surface area contributed by atoms with Crippen molar-refractivity contribution < 1.29 is 8.78 Å². The van der Waals surface area contributed by atoms with Gasteiger partial charge in [-0.15, -0.1) is 0 Å². The maximum absolute atomic E-state index is 12.4. The third-order valence-corrected chi connectivity index (χ3v) is 2.90. The van der Waals surface area contributed by atoms with E-state index in [9.17, 15) is 8.78 Å². The molecule has 0 radical (unpaired) electrons. The SMILES string of the molecule is CC(C)c1nccc(NCc2ccc(C(F)F)cc2)n1. The molecule has 0 aliphatic heterocycles. The lowest BCUT2D eigenvalue weighted by Gasteiger charge is -2.09. The van der Waals surface area contributed by atoms with Gasteiger partial charge in [0.2, 0.25) is 0 Å². The van der Waals surface area contributed by atoms with Crippen LogP contribution in [-0.2, 0) is 6.54 Å². The molecule has 106 valence electrons. The van der Waals surface area contributed by atoms with Gasteiger partial charge in [-0.1, -0.05) is 38.1 Å². The predicted molar refractivity (Wildman–Crippen MR) is 74.8 cm³/mol. The molecule has 1 N–H and O–H groups in total. The van der Waals surface area contributed by atoms with Crippen molar-refractivity contribution in [3.63, 3.8) is 0 Å². The predicted octanol–water partition coefficient (Wildman–Crippen LogP) is 4.15. The van der Waals surface area contributed by atoms with E-state index in [1.165, 1.54) is 12.1 Å². The third kappa shape index (κ3) is 3.73. The highest BCUT2D eigenvalue weighted by Gasteiger charge is 2.06. The summed E-state index contributed by atoms with van der Waals surface area (Å²) < 4.78 is 24.9. The first-order valence-electron chi connectivity index (χ1n) is 6.50. The summed E-state index contributed by atoms with van der Waals surface area (Å²) in [5, 5.41) is 3.17. The molecule has 3 nitrogen and oxygen atoms in total. The van der Waals surface area contributed by atoms with E-state index >= 15 is 0 Å². The van der Waals surface area contributed by atoms with Gasteiger partial charge < -0.3 is 5.32 Å². The molecule has 0 saturated heterocycles. The fourth-order valence-corrected chi connectivity index (χ4v) is 1.72. The number of hydrogen-bond acceptors (Lipinski definition) is 3. The number of rotatable bonds is 5. The zero-order valence-electron chi connectivity index (χ0n) is 11.5. The second-order valence-electron chi connectivity index (χ2n) is 4.85. The Balaban J connectivity index is 1.99. The molecule has 1 aromatic carbocycles. The molecule has 0 spiro atoms. The first-order valence-corrected chi connectivity index (χ1v) is 6.50. The molecule has 1 heterocycles. The molecular formula is C15H17F2N3. The van der Waals surface area contributed by atoms with Crippen LogP contribution < -0.4 is 5.32 Å². The van der Waals surface area contributed by atoms with Crippen LogP contribution in [0.3, 0.4) is 0 Å². The smallest absolute Gasteiger partial charge is 0.263 e. The van der Waals surface area contributed by atoms with Crippen molar-refractivity contribution in [2.24, 2.45) is 0 Å². The van der Waals surface area contributed by atoms with E-state index in [2.05, 4.69) is 15.3 Å². The molecule has 2 rings (SSSR count). The minimum absolute atomic E-state index is 0.0397. The van der Waals surface area contributed by atoms with Crippen molar-refractivity contribution in [2.75, 3.05) is 5.32 Å². The lowest BCUT2D eigenvalue weighted by molar-refractivity contribution is 0.151. The number of benzene rings is 1. The summed E-state index contributed by atoms with van der Waals surface area (Å²) in [7, 11) is 0. The van der Waals surface area contributed by atoms with Crippen LogP contribution in [0.15, 0.2) is 36.5 Å². The molecule has 0 unspecified atom stereocenters. The van der Waals surface area contributed by atoms with E-state index in [4.69, 9.17) is 0 Å². The molecule has 1 aromatic heterocycles. The first kappa shape index (κ1) is 14.4. The van der Waals surface area contributed by atoms with E-state index in [0.717, 1.165) is 17.2 Å². The number of halogens is 2. The van der Waals surface area contributed by atoms with Gasteiger partial charge in [0.05, 0.1) is 0 Å². The Morgan fingerprint density at radius 3 is 2.40 bits per heavy atom. The second-order valence-corrected chi connectivity index (χ2v) is 4.85. The average Bonchev–Trinajstić information content (AvgIpc) is 2.46. The van der Waals surface area contributed by atoms with Gasteiger partial charge in [0.1, 0.15) is 11.6 Å². The molecule has 0 amide bonds. The molecule has 20 heavy (non-hydrogen) atoms. The van der Waals surface area contributed by atoms with Crippen molar-refractivity contribution in [3.05, 3.63) is 53.5 Å². The lowest BCUT2D eigenvalue weighted by atomic mass is 10.1. The quantitative estimate of drug-likeness (QED) is 0.892. The van der Waals surface area contributed by atoms with Crippen molar-refractivity contribution in [1.82, 2.24) is 9.97 Å². The zero-order valence-corrected chi connectivity index (χ0v) is 11.5. The number of hydrogen-bond donors (Lipinski definition) is 1. The van der Waals surface area contributed by atoms with E-state index in [0.29, 0.717) is 6.54 Å². The summed E-state index contributed by atoms with van der Waals surface area (Å²) in [6, 6.07) is 8.07. The highest BCUT2D eigenvalue weighted by molar-refractivity contribution is 5.35. The number of nitrogens with one attached hydrogen (secondary N) is 1. The van der Waals surface area contributed by atoms with Gasteiger partial charge in [-0.3, -0.25) is 0 Å². The Labute approximate surface area is 117 Å². The largest absolute Gasteiger partial charge is 0.366 e. The maximum atomic E-state index is 12.4. The van der Waals surface area contributed by atoms with E-state index in [1.807, 2.05) is 13.8 Å². The minimum atomic E-state index is -2.42. The molecule has 0 bridgehead atoms. The molecular weight excluding hydrogens is 260 g/mol. The third-order valence-electron chi connectivity index (χ3n) is 2.90. The second kappa shape index (κ2) is 6.41. The van der Waals surface area contributed by atoms with Crippen molar-refractivity contribution in [3.8, 4) is 0 Å². The van der Waals surface area contributed by atoms with Crippen molar-refractivity contribution >= 4 is 5.82 Å². The van der Waals surface area contributed by atoms with Crippen LogP contribution >= 0.6 is 0 Å². The van der Waals surface area contributed by atoms with Gasteiger partial charge in [-0.25, -0.2) is 18.7 Å². The van der Waals surface area contributed by atoms with Gasteiger partial charge in [-0.2, -0.15) is 0 Å². The minimum Gasteiger partial charge on any atom is -0.366 e. The number of alkyl halides is 2. The van der Waals surface area contributed by atoms with Crippen LogP contribution in [0.5, 0.6) is 0 Å². The average molecular weight is 277 g/mol. The highest BCUT2D eigenvalue weighted by atomic mass is 19.3. The van der Waals surface area contributed by atoms with Crippen molar-refractivity contribution in [1.29, 1.82) is 0 Å². The van der Waals surface area contributed by atoms with E-state index in [-0.39, 0.29) is 11.5 Å². The molecule has 2 aromatic rings. The number of nitrogens with zero attached hydrogens (tertiary/aromatic N) is 2. The summed E-state index contributed by atoms with van der Waals surface area (Å²) in [6.45, 7) is 4.60. The first-order chi connectivity index (χ1) is 9.56. The number of anilines is 1. The van der Waals surface area contributed by atoms with Crippen molar-refractivity contribution in [2.45, 2.75) is 32.7 Å². The fraction of sp³-hybridized carbons (Fsp3) is 0.333. The topological polar surface area (TPSA) is 37.8 Å². The Bertz CT molecular complexity index is 553. The van der Waals surface area contributed by atoms with Gasteiger partial charge in [0.15, 0.2) is 0 Å². The molecule has 0 saturated carbocycles. The van der Waals surface area contributed by atoms with Crippen LogP contribution in [0.1, 0.15) is 43.1 Å².